The van der Waals surface area contributed by atoms with Gasteiger partial charge in [0.2, 0.25) is 0 Å². The first-order valence-electron chi connectivity index (χ1n) is 5.12. The number of rotatable bonds is 2. The Bertz CT molecular complexity index is 698. The Kier molecular flexibility index (Phi) is 3.13. The molecule has 2 rings (SSSR count). The van der Waals surface area contributed by atoms with Crippen molar-refractivity contribution in [1.82, 2.24) is 4.98 Å². The molecule has 0 atom stereocenters. The van der Waals surface area contributed by atoms with E-state index in [1.807, 2.05) is 4.98 Å². The Labute approximate surface area is 99.9 Å². The van der Waals surface area contributed by atoms with Crippen LogP contribution >= 0.6 is 0 Å². The SMILES string of the molecule is CCOC(=O)Oc1ccc2c(=O)[nH]c(=O)oc2c1. The van der Waals surface area contributed by atoms with E-state index in [9.17, 15) is 14.4 Å². The van der Waals surface area contributed by atoms with Gasteiger partial charge in [0.25, 0.3) is 5.56 Å². The molecule has 0 aliphatic carbocycles. The van der Waals surface area contributed by atoms with E-state index in [-0.39, 0.29) is 23.3 Å². The smallest absolute Gasteiger partial charge is 0.434 e. The number of benzene rings is 1. The van der Waals surface area contributed by atoms with E-state index in [2.05, 4.69) is 4.74 Å². The van der Waals surface area contributed by atoms with Crippen LogP contribution in [0.1, 0.15) is 6.92 Å². The predicted molar refractivity (Wildman–Crippen MR) is 60.8 cm³/mol. The molecule has 0 saturated carbocycles. The second kappa shape index (κ2) is 4.74. The van der Waals surface area contributed by atoms with Gasteiger partial charge in [-0.05, 0) is 19.1 Å². The van der Waals surface area contributed by atoms with Gasteiger partial charge in [-0.1, -0.05) is 0 Å². The zero-order valence-corrected chi connectivity index (χ0v) is 9.39. The lowest BCUT2D eigenvalue weighted by Crippen LogP contribution is -2.18. The summed E-state index contributed by atoms with van der Waals surface area (Å²) in [5, 5.41) is 0.186. The van der Waals surface area contributed by atoms with E-state index in [0.717, 1.165) is 0 Å². The molecule has 1 aromatic carbocycles. The molecule has 1 heterocycles. The normalized spacial score (nSPS) is 10.3. The molecular weight excluding hydrogens is 242 g/mol. The molecule has 18 heavy (non-hydrogen) atoms. The molecule has 0 saturated heterocycles. The molecular formula is C11H9NO6. The summed E-state index contributed by atoms with van der Waals surface area (Å²) in [7, 11) is 0. The Hall–Kier alpha value is -2.57. The second-order valence-electron chi connectivity index (χ2n) is 3.29. The molecule has 0 radical (unpaired) electrons. The molecule has 0 fully saturated rings. The van der Waals surface area contributed by atoms with E-state index in [0.29, 0.717) is 0 Å². The highest BCUT2D eigenvalue weighted by Crippen LogP contribution is 2.17. The van der Waals surface area contributed by atoms with Crippen LogP contribution < -0.4 is 16.1 Å². The summed E-state index contributed by atoms with van der Waals surface area (Å²) in [6.45, 7) is 1.82. The zero-order chi connectivity index (χ0) is 13.1. The highest BCUT2D eigenvalue weighted by Gasteiger charge is 2.08. The third-order valence-corrected chi connectivity index (χ3v) is 2.08. The number of hydrogen-bond acceptors (Lipinski definition) is 6. The monoisotopic (exact) mass is 251 g/mol. The molecule has 94 valence electrons. The van der Waals surface area contributed by atoms with Gasteiger partial charge < -0.3 is 13.9 Å². The van der Waals surface area contributed by atoms with Crippen LogP contribution in [0.2, 0.25) is 0 Å². The van der Waals surface area contributed by atoms with Crippen molar-refractivity contribution in [3.63, 3.8) is 0 Å². The average molecular weight is 251 g/mol. The van der Waals surface area contributed by atoms with E-state index in [1.165, 1.54) is 18.2 Å². The third-order valence-electron chi connectivity index (χ3n) is 2.08. The van der Waals surface area contributed by atoms with E-state index in [4.69, 9.17) is 9.15 Å². The van der Waals surface area contributed by atoms with Crippen molar-refractivity contribution >= 4 is 17.1 Å². The Balaban J connectivity index is 2.41. The van der Waals surface area contributed by atoms with Crippen molar-refractivity contribution in [1.29, 1.82) is 0 Å². The minimum Gasteiger partial charge on any atom is -0.434 e. The lowest BCUT2D eigenvalue weighted by atomic mass is 10.2. The summed E-state index contributed by atoms with van der Waals surface area (Å²) in [5.41, 5.74) is -0.533. The number of fused-ring (bicyclic) bond motifs is 1. The second-order valence-corrected chi connectivity index (χ2v) is 3.29. The van der Waals surface area contributed by atoms with Crippen LogP contribution in [0.15, 0.2) is 32.2 Å². The van der Waals surface area contributed by atoms with Gasteiger partial charge in [-0.3, -0.25) is 9.78 Å². The number of aromatic nitrogens is 1. The van der Waals surface area contributed by atoms with Gasteiger partial charge in [0.15, 0.2) is 0 Å². The topological polar surface area (TPSA) is 98.6 Å². The van der Waals surface area contributed by atoms with Crippen molar-refractivity contribution in [2.24, 2.45) is 0 Å². The lowest BCUT2D eigenvalue weighted by molar-refractivity contribution is 0.104. The number of ether oxygens (including phenoxy) is 2. The molecule has 7 nitrogen and oxygen atoms in total. The maximum atomic E-state index is 11.4. The zero-order valence-electron chi connectivity index (χ0n) is 9.39. The summed E-state index contributed by atoms with van der Waals surface area (Å²) in [4.78, 5) is 35.4. The standard InChI is InChI=1S/C11H9NO6/c1-2-16-11(15)17-6-3-4-7-8(5-6)18-10(14)12-9(7)13/h3-5H,2H2,1H3,(H,12,13,14). The van der Waals surface area contributed by atoms with Gasteiger partial charge in [0.05, 0.1) is 12.0 Å². The van der Waals surface area contributed by atoms with E-state index >= 15 is 0 Å². The van der Waals surface area contributed by atoms with Crippen LogP contribution in [0, 0.1) is 0 Å². The highest BCUT2D eigenvalue weighted by molar-refractivity contribution is 5.77. The number of carbonyl (C=O) groups excluding carboxylic acids is 1. The molecule has 0 amide bonds. The van der Waals surface area contributed by atoms with Crippen LogP contribution in [0.4, 0.5) is 4.79 Å². The molecule has 0 bridgehead atoms. The third kappa shape index (κ3) is 2.40. The average Bonchev–Trinajstić information content (AvgIpc) is 2.28. The van der Waals surface area contributed by atoms with Crippen molar-refractivity contribution < 1.29 is 18.7 Å². The summed E-state index contributed by atoms with van der Waals surface area (Å²) in [6.07, 6.45) is -0.871. The Morgan fingerprint density at radius 1 is 1.39 bits per heavy atom. The lowest BCUT2D eigenvalue weighted by Gasteiger charge is -2.03. The maximum absolute atomic E-state index is 11.4. The Morgan fingerprint density at radius 3 is 2.89 bits per heavy atom. The summed E-state index contributed by atoms with van der Waals surface area (Å²) in [6, 6.07) is 4.04. The molecule has 0 unspecified atom stereocenters. The predicted octanol–water partition coefficient (Wildman–Crippen LogP) is 1.02. The first-order valence-corrected chi connectivity index (χ1v) is 5.12. The number of aromatic amines is 1. The van der Waals surface area contributed by atoms with Crippen LogP contribution in [0.3, 0.4) is 0 Å². The highest BCUT2D eigenvalue weighted by atomic mass is 16.7. The number of H-pyrrole nitrogens is 1. The van der Waals surface area contributed by atoms with E-state index in [1.54, 1.807) is 6.92 Å². The number of nitrogens with one attached hydrogen (secondary N) is 1. The molecule has 0 aliphatic heterocycles. The molecule has 0 spiro atoms. The Morgan fingerprint density at radius 2 is 2.17 bits per heavy atom. The van der Waals surface area contributed by atoms with Gasteiger partial charge in [-0.15, -0.1) is 0 Å². The minimum atomic E-state index is -0.874. The number of hydrogen-bond donors (Lipinski definition) is 1. The van der Waals surface area contributed by atoms with Crippen LogP contribution in [0.25, 0.3) is 11.0 Å². The molecule has 1 N–H and O–H groups in total. The summed E-state index contributed by atoms with van der Waals surface area (Å²) < 4.78 is 14.2. The number of carbonyl (C=O) groups is 1. The largest absolute Gasteiger partial charge is 0.513 e. The van der Waals surface area contributed by atoms with Gasteiger partial charge in [-0.2, -0.15) is 0 Å². The van der Waals surface area contributed by atoms with Crippen molar-refractivity contribution in [3.05, 3.63) is 39.1 Å². The quantitative estimate of drug-likeness (QED) is 0.631. The first-order chi connectivity index (χ1) is 8.60. The molecule has 2 aromatic rings. The fourth-order valence-corrected chi connectivity index (χ4v) is 1.37. The summed E-state index contributed by atoms with van der Waals surface area (Å²) >= 11 is 0. The van der Waals surface area contributed by atoms with Gasteiger partial charge in [0, 0.05) is 6.07 Å². The molecule has 0 aliphatic rings. The maximum Gasteiger partial charge on any atom is 0.513 e. The van der Waals surface area contributed by atoms with Crippen molar-refractivity contribution in [2.75, 3.05) is 6.61 Å². The van der Waals surface area contributed by atoms with Crippen LogP contribution in [0.5, 0.6) is 5.75 Å². The van der Waals surface area contributed by atoms with Crippen molar-refractivity contribution in [2.45, 2.75) is 6.92 Å². The van der Waals surface area contributed by atoms with Gasteiger partial charge in [0.1, 0.15) is 11.3 Å². The fraction of sp³-hybridized carbons (Fsp3) is 0.182. The van der Waals surface area contributed by atoms with E-state index < -0.39 is 17.5 Å². The van der Waals surface area contributed by atoms with Crippen LogP contribution in [-0.4, -0.2) is 17.7 Å². The van der Waals surface area contributed by atoms with Gasteiger partial charge in [-0.25, -0.2) is 9.59 Å². The summed E-state index contributed by atoms with van der Waals surface area (Å²) in [5.74, 6) is -0.754. The van der Waals surface area contributed by atoms with Crippen LogP contribution in [-0.2, 0) is 4.74 Å². The molecule has 1 aromatic heterocycles. The fourth-order valence-electron chi connectivity index (χ4n) is 1.37. The first kappa shape index (κ1) is 11.9. The van der Waals surface area contributed by atoms with Gasteiger partial charge >= 0.3 is 11.9 Å². The minimum absolute atomic E-state index is 0.0329. The molecule has 7 heteroatoms. The van der Waals surface area contributed by atoms with Crippen molar-refractivity contribution in [3.8, 4) is 5.75 Å².